The Balaban J connectivity index is 1.74. The van der Waals surface area contributed by atoms with E-state index in [2.05, 4.69) is 21.2 Å². The third-order valence-corrected chi connectivity index (χ3v) is 3.98. The Kier molecular flexibility index (Phi) is 6.36. The molecule has 0 unspecified atom stereocenters. The van der Waals surface area contributed by atoms with Crippen LogP contribution in [0.2, 0.25) is 0 Å². The van der Waals surface area contributed by atoms with Crippen LogP contribution in [0.4, 0.5) is 5.69 Å². The zero-order valence-electron chi connectivity index (χ0n) is 13.9. The molecule has 0 bridgehead atoms. The van der Waals surface area contributed by atoms with Gasteiger partial charge in [-0.25, -0.2) is 0 Å². The minimum atomic E-state index is 0.0400. The van der Waals surface area contributed by atoms with Crippen LogP contribution in [0.5, 0.6) is 0 Å². The molecule has 5 nitrogen and oxygen atoms in total. The third kappa shape index (κ3) is 5.40. The first-order valence-corrected chi connectivity index (χ1v) is 7.90. The summed E-state index contributed by atoms with van der Waals surface area (Å²) in [5.74, 6) is 0.0400. The first-order chi connectivity index (χ1) is 10.5. The lowest BCUT2D eigenvalue weighted by Gasteiger charge is -2.28. The summed E-state index contributed by atoms with van der Waals surface area (Å²) in [6.07, 6.45) is 0. The number of ether oxygens (including phenoxy) is 1. The summed E-state index contributed by atoms with van der Waals surface area (Å²) >= 11 is 0. The van der Waals surface area contributed by atoms with E-state index in [9.17, 15) is 4.79 Å². The van der Waals surface area contributed by atoms with Crippen LogP contribution in [0.1, 0.15) is 11.1 Å². The monoisotopic (exact) mass is 305 g/mol. The lowest BCUT2D eigenvalue weighted by molar-refractivity contribution is -0.117. The molecule has 1 aliphatic rings. The SMILES string of the molecule is Cc1ccc(C)c(NC(=O)CN(C)CCN2CCOCC2)c1. The number of anilines is 1. The highest BCUT2D eigenvalue weighted by Gasteiger charge is 2.12. The lowest BCUT2D eigenvalue weighted by Crippen LogP contribution is -2.42. The van der Waals surface area contributed by atoms with E-state index < -0.39 is 0 Å². The molecule has 1 amide bonds. The van der Waals surface area contributed by atoms with Crippen LogP contribution in [0, 0.1) is 13.8 Å². The Hall–Kier alpha value is -1.43. The Morgan fingerprint density at radius 1 is 1.32 bits per heavy atom. The second-order valence-electron chi connectivity index (χ2n) is 6.06. The van der Waals surface area contributed by atoms with Crippen LogP contribution in [0.25, 0.3) is 0 Å². The van der Waals surface area contributed by atoms with Gasteiger partial charge < -0.3 is 10.1 Å². The molecule has 1 heterocycles. The zero-order valence-corrected chi connectivity index (χ0v) is 13.9. The topological polar surface area (TPSA) is 44.8 Å². The summed E-state index contributed by atoms with van der Waals surface area (Å²) in [6.45, 7) is 9.94. The average Bonchev–Trinajstić information content (AvgIpc) is 2.50. The molecule has 1 aliphatic heterocycles. The fourth-order valence-corrected chi connectivity index (χ4v) is 2.52. The van der Waals surface area contributed by atoms with E-state index in [1.165, 1.54) is 0 Å². The Morgan fingerprint density at radius 2 is 2.05 bits per heavy atom. The molecule has 2 rings (SSSR count). The number of amides is 1. The number of rotatable bonds is 6. The molecule has 0 spiro atoms. The van der Waals surface area contributed by atoms with Crippen molar-refractivity contribution in [2.75, 3.05) is 58.3 Å². The molecule has 1 aromatic rings. The van der Waals surface area contributed by atoms with E-state index in [1.54, 1.807) is 0 Å². The number of nitrogens with one attached hydrogen (secondary N) is 1. The van der Waals surface area contributed by atoms with Gasteiger partial charge in [-0.1, -0.05) is 12.1 Å². The van der Waals surface area contributed by atoms with Gasteiger partial charge in [0, 0.05) is 31.9 Å². The molecule has 122 valence electrons. The molecule has 1 saturated heterocycles. The quantitative estimate of drug-likeness (QED) is 0.865. The van der Waals surface area contributed by atoms with Crippen LogP contribution in [-0.4, -0.2) is 68.7 Å². The van der Waals surface area contributed by atoms with Gasteiger partial charge in [0.1, 0.15) is 0 Å². The molecule has 1 aromatic carbocycles. The molecule has 22 heavy (non-hydrogen) atoms. The molecule has 1 N–H and O–H groups in total. The van der Waals surface area contributed by atoms with E-state index in [1.807, 2.05) is 33.0 Å². The van der Waals surface area contributed by atoms with E-state index in [0.717, 1.165) is 56.2 Å². The Morgan fingerprint density at radius 3 is 2.77 bits per heavy atom. The van der Waals surface area contributed by atoms with Crippen molar-refractivity contribution < 1.29 is 9.53 Å². The van der Waals surface area contributed by atoms with Crippen molar-refractivity contribution >= 4 is 11.6 Å². The van der Waals surface area contributed by atoms with Gasteiger partial charge in [0.15, 0.2) is 0 Å². The maximum absolute atomic E-state index is 12.2. The van der Waals surface area contributed by atoms with Gasteiger partial charge in [-0.2, -0.15) is 0 Å². The number of aryl methyl sites for hydroxylation is 2. The van der Waals surface area contributed by atoms with Gasteiger partial charge in [0.05, 0.1) is 19.8 Å². The normalized spacial score (nSPS) is 16.0. The second-order valence-corrected chi connectivity index (χ2v) is 6.06. The maximum Gasteiger partial charge on any atom is 0.238 e. The van der Waals surface area contributed by atoms with Gasteiger partial charge >= 0.3 is 0 Å². The van der Waals surface area contributed by atoms with Crippen molar-refractivity contribution in [2.45, 2.75) is 13.8 Å². The number of carbonyl (C=O) groups is 1. The number of nitrogens with zero attached hydrogens (tertiary/aromatic N) is 2. The van der Waals surface area contributed by atoms with Gasteiger partial charge in [-0.3, -0.25) is 14.6 Å². The van der Waals surface area contributed by atoms with Crippen molar-refractivity contribution in [3.8, 4) is 0 Å². The standard InChI is InChI=1S/C17H27N3O2/c1-14-4-5-15(2)16(12-14)18-17(21)13-19(3)6-7-20-8-10-22-11-9-20/h4-5,12H,6-11,13H2,1-3H3,(H,18,21). The first-order valence-electron chi connectivity index (χ1n) is 7.90. The first kappa shape index (κ1) is 16.9. The van der Waals surface area contributed by atoms with Crippen LogP contribution < -0.4 is 5.32 Å². The van der Waals surface area contributed by atoms with Gasteiger partial charge in [0.2, 0.25) is 5.91 Å². The molecule has 1 fully saturated rings. The molecule has 0 radical (unpaired) electrons. The smallest absolute Gasteiger partial charge is 0.238 e. The van der Waals surface area contributed by atoms with Crippen molar-refractivity contribution in [2.24, 2.45) is 0 Å². The number of morpholine rings is 1. The van der Waals surface area contributed by atoms with E-state index in [-0.39, 0.29) is 5.91 Å². The van der Waals surface area contributed by atoms with Crippen LogP contribution >= 0.6 is 0 Å². The van der Waals surface area contributed by atoms with E-state index >= 15 is 0 Å². The largest absolute Gasteiger partial charge is 0.379 e. The van der Waals surface area contributed by atoms with Crippen molar-refractivity contribution in [3.63, 3.8) is 0 Å². The van der Waals surface area contributed by atoms with Crippen LogP contribution in [0.15, 0.2) is 18.2 Å². The summed E-state index contributed by atoms with van der Waals surface area (Å²) < 4.78 is 5.34. The minimum Gasteiger partial charge on any atom is -0.379 e. The highest BCUT2D eigenvalue weighted by atomic mass is 16.5. The Labute approximate surface area is 133 Å². The zero-order chi connectivity index (χ0) is 15.9. The fraction of sp³-hybridized carbons (Fsp3) is 0.588. The molecule has 0 aromatic heterocycles. The predicted octanol–water partition coefficient (Wildman–Crippen LogP) is 1.51. The second kappa shape index (κ2) is 8.27. The maximum atomic E-state index is 12.2. The molecule has 0 atom stereocenters. The lowest BCUT2D eigenvalue weighted by atomic mass is 10.1. The van der Waals surface area contributed by atoms with Crippen molar-refractivity contribution in [1.82, 2.24) is 9.80 Å². The molecular formula is C17H27N3O2. The molecule has 5 heteroatoms. The summed E-state index contributed by atoms with van der Waals surface area (Å²) in [5, 5.41) is 3.01. The molecular weight excluding hydrogens is 278 g/mol. The molecule has 0 aliphatic carbocycles. The van der Waals surface area contributed by atoms with Gasteiger partial charge in [0.25, 0.3) is 0 Å². The van der Waals surface area contributed by atoms with Crippen LogP contribution in [0.3, 0.4) is 0 Å². The molecule has 0 saturated carbocycles. The number of hydrogen-bond donors (Lipinski definition) is 1. The highest BCUT2D eigenvalue weighted by molar-refractivity contribution is 5.93. The third-order valence-electron chi connectivity index (χ3n) is 3.98. The average molecular weight is 305 g/mol. The van der Waals surface area contributed by atoms with E-state index in [0.29, 0.717) is 6.54 Å². The highest BCUT2D eigenvalue weighted by Crippen LogP contribution is 2.16. The summed E-state index contributed by atoms with van der Waals surface area (Å²) in [6, 6.07) is 6.10. The number of hydrogen-bond acceptors (Lipinski definition) is 4. The van der Waals surface area contributed by atoms with Gasteiger partial charge in [-0.05, 0) is 38.1 Å². The summed E-state index contributed by atoms with van der Waals surface area (Å²) in [7, 11) is 1.99. The summed E-state index contributed by atoms with van der Waals surface area (Å²) in [5.41, 5.74) is 3.16. The van der Waals surface area contributed by atoms with Crippen molar-refractivity contribution in [1.29, 1.82) is 0 Å². The summed E-state index contributed by atoms with van der Waals surface area (Å²) in [4.78, 5) is 16.6. The predicted molar refractivity (Wildman–Crippen MR) is 89.3 cm³/mol. The number of likely N-dealkylation sites (N-methyl/N-ethyl adjacent to an activating group) is 1. The van der Waals surface area contributed by atoms with Crippen LogP contribution in [-0.2, 0) is 9.53 Å². The minimum absolute atomic E-state index is 0.0400. The van der Waals surface area contributed by atoms with Crippen molar-refractivity contribution in [3.05, 3.63) is 29.3 Å². The van der Waals surface area contributed by atoms with E-state index in [4.69, 9.17) is 4.74 Å². The Bertz CT molecular complexity index is 499. The number of carbonyl (C=O) groups excluding carboxylic acids is 1. The van der Waals surface area contributed by atoms with Gasteiger partial charge in [-0.15, -0.1) is 0 Å². The fourth-order valence-electron chi connectivity index (χ4n) is 2.52. The number of benzene rings is 1.